The van der Waals surface area contributed by atoms with Crippen LogP contribution < -0.4 is 21.4 Å². The van der Waals surface area contributed by atoms with Gasteiger partial charge in [0.1, 0.15) is 11.3 Å². The monoisotopic (exact) mass is 509 g/mol. The molecule has 4 N–H and O–H groups in total. The Bertz CT molecular complexity index is 1600. The third-order valence-corrected chi connectivity index (χ3v) is 6.41. The Labute approximate surface area is 221 Å². The summed E-state index contributed by atoms with van der Waals surface area (Å²) in [7, 11) is 3.36. The van der Waals surface area contributed by atoms with Crippen LogP contribution in [0, 0.1) is 19.3 Å². The van der Waals surface area contributed by atoms with Gasteiger partial charge in [-0.2, -0.15) is 0 Å². The number of benzene rings is 2. The van der Waals surface area contributed by atoms with Gasteiger partial charge in [-0.15, -0.1) is 0 Å². The van der Waals surface area contributed by atoms with Crippen LogP contribution >= 0.6 is 0 Å². The second-order valence-corrected chi connectivity index (χ2v) is 9.07. The number of hydrogen-bond acceptors (Lipinski definition) is 7. The third kappa shape index (κ3) is 5.06. The first kappa shape index (κ1) is 26.3. The van der Waals surface area contributed by atoms with Crippen LogP contribution in [0.25, 0.3) is 27.9 Å². The minimum atomic E-state index is -0.274. The summed E-state index contributed by atoms with van der Waals surface area (Å²) in [5.74, 6) is 0.254. The zero-order chi connectivity index (χ0) is 27.4. The summed E-state index contributed by atoms with van der Waals surface area (Å²) in [6.07, 6.45) is 4.57. The number of amides is 1. The smallest absolute Gasteiger partial charge is 0.253 e. The molecule has 0 saturated heterocycles. The lowest BCUT2D eigenvalue weighted by molar-refractivity contribution is 0.0964. The fourth-order valence-corrected chi connectivity index (χ4v) is 4.46. The first-order valence-electron chi connectivity index (χ1n) is 12.3. The van der Waals surface area contributed by atoms with Gasteiger partial charge in [-0.3, -0.25) is 14.6 Å². The summed E-state index contributed by atoms with van der Waals surface area (Å²) in [5.41, 5.74) is 5.73. The molecule has 0 fully saturated rings. The lowest BCUT2D eigenvalue weighted by Gasteiger charge is -2.20. The van der Waals surface area contributed by atoms with E-state index in [1.165, 1.54) is 6.21 Å². The molecule has 4 aromatic rings. The number of allylic oxidation sites excluding steroid dienone is 1. The zero-order valence-electron chi connectivity index (χ0n) is 22.1. The molecule has 8 nitrogen and oxygen atoms in total. The van der Waals surface area contributed by atoms with Gasteiger partial charge in [0.2, 0.25) is 0 Å². The van der Waals surface area contributed by atoms with E-state index in [9.17, 15) is 9.59 Å². The normalized spacial score (nSPS) is 12.2. The molecular weight excluding hydrogens is 478 g/mol. The van der Waals surface area contributed by atoms with Crippen molar-refractivity contribution in [2.45, 2.75) is 26.8 Å². The highest BCUT2D eigenvalue weighted by atomic mass is 16.3. The van der Waals surface area contributed by atoms with E-state index in [0.717, 1.165) is 11.1 Å². The van der Waals surface area contributed by atoms with E-state index in [-0.39, 0.29) is 17.4 Å². The number of pyridine rings is 1. The SMILES string of the molecule is CN/C=C(\C=N)c1ccc(-c2oc3c(C(C)Nc4ccccc4C(=O)NC)cc(C)cc3c(=O)c2C)cn1. The van der Waals surface area contributed by atoms with E-state index in [2.05, 4.69) is 20.9 Å². The topological polar surface area (TPSA) is 120 Å². The molecule has 2 aromatic heterocycles. The number of anilines is 1. The maximum atomic E-state index is 13.5. The minimum absolute atomic E-state index is 0.108. The van der Waals surface area contributed by atoms with Gasteiger partial charge in [0, 0.05) is 60.7 Å². The molecule has 0 saturated carbocycles. The van der Waals surface area contributed by atoms with Crippen LogP contribution in [0.15, 0.2) is 70.1 Å². The lowest BCUT2D eigenvalue weighted by Crippen LogP contribution is -2.20. The van der Waals surface area contributed by atoms with Gasteiger partial charge in [-0.1, -0.05) is 18.2 Å². The highest BCUT2D eigenvalue weighted by molar-refractivity contribution is 6.07. The van der Waals surface area contributed by atoms with E-state index in [4.69, 9.17) is 9.83 Å². The lowest BCUT2D eigenvalue weighted by atomic mass is 9.98. The fraction of sp³-hybridized carbons (Fsp3) is 0.200. The summed E-state index contributed by atoms with van der Waals surface area (Å²) in [6, 6.07) is 14.5. The molecule has 194 valence electrons. The van der Waals surface area contributed by atoms with Crippen molar-refractivity contribution in [2.75, 3.05) is 19.4 Å². The minimum Gasteiger partial charge on any atom is -0.455 e. The molecule has 2 heterocycles. The number of carbonyl (C=O) groups excluding carboxylic acids is 1. The van der Waals surface area contributed by atoms with Crippen LogP contribution in [0.3, 0.4) is 0 Å². The summed E-state index contributed by atoms with van der Waals surface area (Å²) >= 11 is 0. The molecule has 0 aliphatic heterocycles. The van der Waals surface area contributed by atoms with Gasteiger partial charge in [0.25, 0.3) is 5.91 Å². The number of hydrogen-bond donors (Lipinski definition) is 4. The van der Waals surface area contributed by atoms with Crippen molar-refractivity contribution in [3.8, 4) is 11.3 Å². The molecule has 1 atom stereocenters. The van der Waals surface area contributed by atoms with Crippen molar-refractivity contribution in [1.82, 2.24) is 15.6 Å². The molecule has 0 spiro atoms. The van der Waals surface area contributed by atoms with Crippen LogP contribution in [0.5, 0.6) is 0 Å². The second-order valence-electron chi connectivity index (χ2n) is 9.07. The van der Waals surface area contributed by atoms with Crippen molar-refractivity contribution in [3.63, 3.8) is 0 Å². The Kier molecular flexibility index (Phi) is 7.71. The number of nitrogens with zero attached hydrogens (tertiary/aromatic N) is 1. The van der Waals surface area contributed by atoms with Gasteiger partial charge >= 0.3 is 0 Å². The number of carbonyl (C=O) groups is 1. The molecule has 8 heteroatoms. The second kappa shape index (κ2) is 11.1. The van der Waals surface area contributed by atoms with Crippen molar-refractivity contribution in [1.29, 1.82) is 5.41 Å². The van der Waals surface area contributed by atoms with Gasteiger partial charge in [-0.25, -0.2) is 0 Å². The molecule has 1 unspecified atom stereocenters. The van der Waals surface area contributed by atoms with E-state index < -0.39 is 0 Å². The Morgan fingerprint density at radius 1 is 1.11 bits per heavy atom. The van der Waals surface area contributed by atoms with Crippen LogP contribution in [0.4, 0.5) is 5.69 Å². The summed E-state index contributed by atoms with van der Waals surface area (Å²) in [6.45, 7) is 5.67. The van der Waals surface area contributed by atoms with Crippen molar-refractivity contribution >= 4 is 34.4 Å². The Balaban J connectivity index is 1.82. The number of aryl methyl sites for hydroxylation is 1. The first-order valence-corrected chi connectivity index (χ1v) is 12.3. The van der Waals surface area contributed by atoms with Crippen molar-refractivity contribution in [2.24, 2.45) is 0 Å². The molecule has 0 radical (unpaired) electrons. The Hall–Kier alpha value is -4.72. The zero-order valence-corrected chi connectivity index (χ0v) is 22.1. The van der Waals surface area contributed by atoms with Gasteiger partial charge in [0.15, 0.2) is 5.43 Å². The maximum absolute atomic E-state index is 13.5. The van der Waals surface area contributed by atoms with E-state index in [1.54, 1.807) is 45.5 Å². The molecular formula is C30H31N5O3. The summed E-state index contributed by atoms with van der Waals surface area (Å²) in [4.78, 5) is 30.4. The fourth-order valence-electron chi connectivity index (χ4n) is 4.46. The standard InChI is InChI=1S/C30H31N5O3/c1-17-12-23(19(3)35-26-9-7-6-8-22(26)30(37)33-5)29-24(13-17)27(36)18(2)28(38-29)20-10-11-25(34-16-20)21(14-31)15-32-4/h6-16,19,31-32,35H,1-5H3,(H,33,37)/b21-15+,31-14?. The number of fused-ring (bicyclic) bond motifs is 1. The highest BCUT2D eigenvalue weighted by Gasteiger charge is 2.20. The van der Waals surface area contributed by atoms with Crippen molar-refractivity contribution in [3.05, 3.63) is 99.1 Å². The van der Waals surface area contributed by atoms with E-state index >= 15 is 0 Å². The van der Waals surface area contributed by atoms with Gasteiger partial charge < -0.3 is 25.8 Å². The number of para-hydroxylation sites is 1. The number of aromatic nitrogens is 1. The predicted octanol–water partition coefficient (Wildman–Crippen LogP) is 5.21. The average molecular weight is 510 g/mol. The average Bonchev–Trinajstić information content (AvgIpc) is 2.93. The summed E-state index contributed by atoms with van der Waals surface area (Å²) in [5, 5.41) is 17.1. The quantitative estimate of drug-likeness (QED) is 0.242. The summed E-state index contributed by atoms with van der Waals surface area (Å²) < 4.78 is 6.45. The van der Waals surface area contributed by atoms with E-state index in [0.29, 0.717) is 50.4 Å². The highest BCUT2D eigenvalue weighted by Crippen LogP contribution is 2.32. The van der Waals surface area contributed by atoms with Gasteiger partial charge in [0.05, 0.1) is 22.7 Å². The molecule has 0 bridgehead atoms. The van der Waals surface area contributed by atoms with Crippen LogP contribution in [0.1, 0.15) is 45.7 Å². The first-order chi connectivity index (χ1) is 18.3. The molecule has 0 aliphatic rings. The van der Waals surface area contributed by atoms with Crippen LogP contribution in [0.2, 0.25) is 0 Å². The Morgan fingerprint density at radius 3 is 2.53 bits per heavy atom. The largest absolute Gasteiger partial charge is 0.455 e. The van der Waals surface area contributed by atoms with E-state index in [1.807, 2.05) is 50.2 Å². The molecule has 2 aromatic carbocycles. The predicted molar refractivity (Wildman–Crippen MR) is 153 cm³/mol. The molecule has 0 aliphatic carbocycles. The van der Waals surface area contributed by atoms with Crippen LogP contribution in [-0.2, 0) is 0 Å². The molecule has 4 rings (SSSR count). The van der Waals surface area contributed by atoms with Gasteiger partial charge in [-0.05, 0) is 56.7 Å². The molecule has 1 amide bonds. The van der Waals surface area contributed by atoms with Crippen molar-refractivity contribution < 1.29 is 9.21 Å². The number of rotatable bonds is 8. The van der Waals surface area contributed by atoms with Crippen LogP contribution in [-0.4, -0.2) is 31.2 Å². The Morgan fingerprint density at radius 2 is 1.87 bits per heavy atom. The molecule has 38 heavy (non-hydrogen) atoms. The maximum Gasteiger partial charge on any atom is 0.253 e. The number of nitrogens with one attached hydrogen (secondary N) is 4. The third-order valence-electron chi connectivity index (χ3n) is 6.41.